The van der Waals surface area contributed by atoms with E-state index in [1.54, 1.807) is 0 Å². The van der Waals surface area contributed by atoms with E-state index < -0.39 is 0 Å². The number of hydrogen-bond donors (Lipinski definition) is 0. The fraction of sp³-hybridized carbons (Fsp3) is 0.389. The first-order valence-corrected chi connectivity index (χ1v) is 8.24. The molecule has 0 N–H and O–H groups in total. The summed E-state index contributed by atoms with van der Waals surface area (Å²) in [5, 5.41) is 0.731. The first kappa shape index (κ1) is 15.2. The summed E-state index contributed by atoms with van der Waals surface area (Å²) in [4.78, 5) is 14.5. The van der Waals surface area contributed by atoms with Gasteiger partial charge in [0.15, 0.2) is 0 Å². The van der Waals surface area contributed by atoms with Gasteiger partial charge in [-0.1, -0.05) is 23.7 Å². The second-order valence-electron chi connectivity index (χ2n) is 5.92. The van der Waals surface area contributed by atoms with Gasteiger partial charge < -0.3 is 9.47 Å². The molecule has 0 saturated carbocycles. The Hall–Kier alpha value is -1.74. The van der Waals surface area contributed by atoms with Gasteiger partial charge in [0.25, 0.3) is 0 Å². The smallest absolute Gasteiger partial charge is 0.223 e. The van der Waals surface area contributed by atoms with Crippen LogP contribution in [0.3, 0.4) is 0 Å². The van der Waals surface area contributed by atoms with Crippen molar-refractivity contribution in [1.29, 1.82) is 0 Å². The van der Waals surface area contributed by atoms with Gasteiger partial charge >= 0.3 is 0 Å². The summed E-state index contributed by atoms with van der Waals surface area (Å²) >= 11 is 5.99. The molecule has 1 saturated heterocycles. The molecule has 0 radical (unpaired) electrons. The first-order valence-electron chi connectivity index (χ1n) is 7.86. The molecule has 1 atom stereocenters. The normalized spacial score (nSPS) is 16.0. The van der Waals surface area contributed by atoms with Crippen LogP contribution in [-0.2, 0) is 11.3 Å². The topological polar surface area (TPSA) is 25.2 Å². The van der Waals surface area contributed by atoms with Crippen molar-refractivity contribution in [3.05, 3.63) is 59.4 Å². The predicted octanol–water partition coefficient (Wildman–Crippen LogP) is 3.94. The third-order valence-electron chi connectivity index (χ3n) is 4.32. The van der Waals surface area contributed by atoms with E-state index in [0.29, 0.717) is 6.42 Å². The largest absolute Gasteiger partial charge is 0.354 e. The molecule has 1 amide bonds. The van der Waals surface area contributed by atoms with Crippen molar-refractivity contribution in [2.45, 2.75) is 31.7 Å². The van der Waals surface area contributed by atoms with Crippen LogP contribution in [0, 0.1) is 0 Å². The predicted molar refractivity (Wildman–Crippen MR) is 89.1 cm³/mol. The number of carbonyl (C=O) groups is 1. The van der Waals surface area contributed by atoms with Crippen LogP contribution in [0.1, 0.15) is 30.7 Å². The van der Waals surface area contributed by atoms with E-state index in [0.717, 1.165) is 37.5 Å². The van der Waals surface area contributed by atoms with E-state index in [2.05, 4.69) is 4.57 Å². The van der Waals surface area contributed by atoms with E-state index >= 15 is 0 Å². The Kier molecular flexibility index (Phi) is 4.84. The molecule has 1 unspecified atom stereocenters. The number of aromatic nitrogens is 1. The Labute approximate surface area is 136 Å². The van der Waals surface area contributed by atoms with Crippen LogP contribution >= 0.6 is 11.6 Å². The van der Waals surface area contributed by atoms with Crippen molar-refractivity contribution < 1.29 is 4.79 Å². The SMILES string of the molecule is O=C(CC(Cn1cccc1)c1ccc(Cl)cc1)N1CCCC1. The zero-order valence-electron chi connectivity index (χ0n) is 12.6. The lowest BCUT2D eigenvalue weighted by atomic mass is 9.95. The molecule has 1 aromatic carbocycles. The van der Waals surface area contributed by atoms with Gasteiger partial charge in [-0.25, -0.2) is 0 Å². The van der Waals surface area contributed by atoms with Gasteiger partial charge in [0.1, 0.15) is 0 Å². The highest BCUT2D eigenvalue weighted by Crippen LogP contribution is 2.25. The number of amides is 1. The molecule has 1 aliphatic heterocycles. The highest BCUT2D eigenvalue weighted by Gasteiger charge is 2.23. The molecule has 1 fully saturated rings. The maximum Gasteiger partial charge on any atom is 0.223 e. The van der Waals surface area contributed by atoms with Gasteiger partial charge in [0.2, 0.25) is 5.91 Å². The van der Waals surface area contributed by atoms with Gasteiger partial charge in [-0.3, -0.25) is 4.79 Å². The third kappa shape index (κ3) is 3.72. The molecule has 1 aliphatic rings. The Balaban J connectivity index is 1.75. The second kappa shape index (κ2) is 7.01. The summed E-state index contributed by atoms with van der Waals surface area (Å²) in [6.07, 6.45) is 6.91. The molecule has 116 valence electrons. The Morgan fingerprint density at radius 3 is 2.36 bits per heavy atom. The molecular weight excluding hydrogens is 296 g/mol. The molecule has 1 aromatic heterocycles. The highest BCUT2D eigenvalue weighted by molar-refractivity contribution is 6.30. The fourth-order valence-electron chi connectivity index (χ4n) is 3.08. The molecule has 0 bridgehead atoms. The first-order chi connectivity index (χ1) is 10.7. The number of hydrogen-bond acceptors (Lipinski definition) is 1. The summed E-state index contributed by atoms with van der Waals surface area (Å²) < 4.78 is 2.14. The van der Waals surface area contributed by atoms with E-state index in [-0.39, 0.29) is 11.8 Å². The van der Waals surface area contributed by atoms with Crippen LogP contribution in [0.25, 0.3) is 0 Å². The number of carbonyl (C=O) groups excluding carboxylic acids is 1. The van der Waals surface area contributed by atoms with Crippen molar-refractivity contribution in [3.8, 4) is 0 Å². The van der Waals surface area contributed by atoms with Crippen LogP contribution in [0.2, 0.25) is 5.02 Å². The lowest BCUT2D eigenvalue weighted by Crippen LogP contribution is -2.29. The molecule has 22 heavy (non-hydrogen) atoms. The lowest BCUT2D eigenvalue weighted by Gasteiger charge is -2.22. The molecule has 2 heterocycles. The molecule has 2 aromatic rings. The standard InChI is InChI=1S/C18H21ClN2O/c19-17-7-5-15(6-8-17)16(14-20-9-1-2-10-20)13-18(22)21-11-3-4-12-21/h1-2,5-10,16H,3-4,11-14H2. The minimum absolute atomic E-state index is 0.178. The maximum absolute atomic E-state index is 12.5. The van der Waals surface area contributed by atoms with E-state index in [1.807, 2.05) is 53.7 Å². The quantitative estimate of drug-likeness (QED) is 0.820. The Morgan fingerprint density at radius 1 is 1.09 bits per heavy atom. The highest BCUT2D eigenvalue weighted by atomic mass is 35.5. The van der Waals surface area contributed by atoms with Gasteiger partial charge in [-0.05, 0) is 42.7 Å². The van der Waals surface area contributed by atoms with E-state index in [4.69, 9.17) is 11.6 Å². The van der Waals surface area contributed by atoms with Crippen LogP contribution < -0.4 is 0 Å². The minimum Gasteiger partial charge on any atom is -0.354 e. The van der Waals surface area contributed by atoms with E-state index in [1.165, 1.54) is 5.56 Å². The maximum atomic E-state index is 12.5. The zero-order chi connectivity index (χ0) is 15.4. The molecular formula is C18H21ClN2O. The molecule has 3 rings (SSSR count). The van der Waals surface area contributed by atoms with Crippen LogP contribution in [0.4, 0.5) is 0 Å². The van der Waals surface area contributed by atoms with Crippen molar-refractivity contribution in [2.75, 3.05) is 13.1 Å². The number of benzene rings is 1. The molecule has 4 heteroatoms. The second-order valence-corrected chi connectivity index (χ2v) is 6.36. The summed E-state index contributed by atoms with van der Waals surface area (Å²) in [6.45, 7) is 2.64. The van der Waals surface area contributed by atoms with Crippen LogP contribution in [-0.4, -0.2) is 28.5 Å². The zero-order valence-corrected chi connectivity index (χ0v) is 13.4. The van der Waals surface area contributed by atoms with Crippen molar-refractivity contribution >= 4 is 17.5 Å². The lowest BCUT2D eigenvalue weighted by molar-refractivity contribution is -0.130. The van der Waals surface area contributed by atoms with Crippen molar-refractivity contribution in [2.24, 2.45) is 0 Å². The average Bonchev–Trinajstić information content (AvgIpc) is 3.21. The van der Waals surface area contributed by atoms with Gasteiger partial charge in [0.05, 0.1) is 0 Å². The third-order valence-corrected chi connectivity index (χ3v) is 4.57. The number of halogens is 1. The van der Waals surface area contributed by atoms with Gasteiger partial charge in [0, 0.05) is 49.4 Å². The monoisotopic (exact) mass is 316 g/mol. The van der Waals surface area contributed by atoms with Crippen molar-refractivity contribution in [3.63, 3.8) is 0 Å². The summed E-state index contributed by atoms with van der Waals surface area (Å²) in [6, 6.07) is 11.9. The molecule has 0 aliphatic carbocycles. The van der Waals surface area contributed by atoms with Gasteiger partial charge in [-0.15, -0.1) is 0 Å². The number of nitrogens with zero attached hydrogens (tertiary/aromatic N) is 2. The van der Waals surface area contributed by atoms with Crippen LogP contribution in [0.5, 0.6) is 0 Å². The number of rotatable bonds is 5. The van der Waals surface area contributed by atoms with E-state index in [9.17, 15) is 4.79 Å². The Morgan fingerprint density at radius 2 is 1.73 bits per heavy atom. The van der Waals surface area contributed by atoms with Crippen molar-refractivity contribution in [1.82, 2.24) is 9.47 Å². The summed E-state index contributed by atoms with van der Waals surface area (Å²) in [7, 11) is 0. The van der Waals surface area contributed by atoms with Gasteiger partial charge in [-0.2, -0.15) is 0 Å². The molecule has 3 nitrogen and oxygen atoms in total. The fourth-order valence-corrected chi connectivity index (χ4v) is 3.20. The summed E-state index contributed by atoms with van der Waals surface area (Å²) in [5.74, 6) is 0.447. The summed E-state index contributed by atoms with van der Waals surface area (Å²) in [5.41, 5.74) is 1.17. The number of likely N-dealkylation sites (tertiary alicyclic amines) is 1. The van der Waals surface area contributed by atoms with Crippen LogP contribution in [0.15, 0.2) is 48.8 Å². The molecule has 0 spiro atoms. The Bertz CT molecular complexity index is 601. The minimum atomic E-state index is 0.178. The average molecular weight is 317 g/mol.